The average Bonchev–Trinajstić information content (AvgIpc) is 3.08. The lowest BCUT2D eigenvalue weighted by Gasteiger charge is -2.11. The second-order valence-corrected chi connectivity index (χ2v) is 4.91. The van der Waals surface area contributed by atoms with Crippen LogP contribution in [0.15, 0.2) is 48.5 Å². The monoisotopic (exact) mass is 286 g/mol. The van der Waals surface area contributed by atoms with Gasteiger partial charge in [0.2, 0.25) is 0 Å². The lowest BCUT2D eigenvalue weighted by molar-refractivity contribution is -0.0441. The molecule has 0 radical (unpaired) electrons. The topological polar surface area (TPSA) is 47.9 Å². The quantitative estimate of drug-likeness (QED) is 0.918. The van der Waals surface area contributed by atoms with E-state index in [2.05, 4.69) is 0 Å². The molecule has 1 fully saturated rings. The van der Waals surface area contributed by atoms with E-state index < -0.39 is 0 Å². The van der Waals surface area contributed by atoms with Gasteiger partial charge >= 0.3 is 0 Å². The minimum atomic E-state index is -0.231. The summed E-state index contributed by atoms with van der Waals surface area (Å²) in [7, 11) is 0. The molecule has 0 spiro atoms. The highest BCUT2D eigenvalue weighted by molar-refractivity contribution is 5.28. The van der Waals surface area contributed by atoms with Crippen molar-refractivity contribution in [2.45, 2.75) is 19.5 Å². The first kappa shape index (κ1) is 14.1. The molecule has 3 rings (SSSR count). The normalized spacial score (nSPS) is 15.3. The van der Waals surface area contributed by atoms with Crippen LogP contribution in [0.4, 0.5) is 0 Å². The molecule has 0 aromatic heterocycles. The first-order chi connectivity index (χ1) is 10.3. The van der Waals surface area contributed by atoms with Crippen LogP contribution in [0.25, 0.3) is 0 Å². The highest BCUT2D eigenvalue weighted by Gasteiger charge is 2.17. The zero-order valence-electron chi connectivity index (χ0n) is 11.7. The molecule has 0 saturated carbocycles. The number of hydrogen-bond acceptors (Lipinski definition) is 4. The predicted molar refractivity (Wildman–Crippen MR) is 77.8 cm³/mol. The minimum absolute atomic E-state index is 0.0487. The largest absolute Gasteiger partial charge is 0.489 e. The molecule has 0 aliphatic carbocycles. The second-order valence-electron chi connectivity index (χ2n) is 4.91. The Bertz CT molecular complexity index is 556. The number of ether oxygens (including phenoxy) is 3. The van der Waals surface area contributed by atoms with E-state index >= 15 is 0 Å². The van der Waals surface area contributed by atoms with Gasteiger partial charge in [-0.25, -0.2) is 0 Å². The zero-order chi connectivity index (χ0) is 14.5. The molecule has 4 nitrogen and oxygen atoms in total. The Morgan fingerprint density at radius 2 is 1.52 bits per heavy atom. The third kappa shape index (κ3) is 3.61. The highest BCUT2D eigenvalue weighted by atomic mass is 16.7. The second kappa shape index (κ2) is 6.72. The van der Waals surface area contributed by atoms with E-state index in [1.54, 1.807) is 0 Å². The molecule has 1 saturated heterocycles. The molecule has 21 heavy (non-hydrogen) atoms. The van der Waals surface area contributed by atoms with E-state index in [0.717, 1.165) is 22.4 Å². The summed E-state index contributed by atoms with van der Waals surface area (Å²) in [6.07, 6.45) is -0.231. The van der Waals surface area contributed by atoms with E-state index in [9.17, 15) is 0 Å². The number of hydrogen-bond donors (Lipinski definition) is 1. The Hall–Kier alpha value is -1.88. The summed E-state index contributed by atoms with van der Waals surface area (Å²) in [6, 6.07) is 15.5. The molecule has 2 aromatic rings. The molecular weight excluding hydrogens is 268 g/mol. The van der Waals surface area contributed by atoms with Crippen molar-refractivity contribution in [3.8, 4) is 5.75 Å². The summed E-state index contributed by atoms with van der Waals surface area (Å²) in [4.78, 5) is 0. The van der Waals surface area contributed by atoms with Crippen LogP contribution in [0.3, 0.4) is 0 Å². The van der Waals surface area contributed by atoms with Gasteiger partial charge in [0, 0.05) is 5.56 Å². The molecule has 110 valence electrons. The van der Waals surface area contributed by atoms with Gasteiger partial charge in [-0.15, -0.1) is 0 Å². The molecule has 1 heterocycles. The van der Waals surface area contributed by atoms with Crippen molar-refractivity contribution in [2.75, 3.05) is 13.2 Å². The number of benzene rings is 2. The maximum absolute atomic E-state index is 8.99. The van der Waals surface area contributed by atoms with Crippen molar-refractivity contribution in [1.29, 1.82) is 0 Å². The van der Waals surface area contributed by atoms with Crippen LogP contribution in [0, 0.1) is 0 Å². The molecular formula is C17H18O4. The fraction of sp³-hybridized carbons (Fsp3) is 0.294. The van der Waals surface area contributed by atoms with E-state index in [1.165, 1.54) is 0 Å². The van der Waals surface area contributed by atoms with Gasteiger partial charge in [0.25, 0.3) is 0 Å². The van der Waals surface area contributed by atoms with Crippen molar-refractivity contribution in [2.24, 2.45) is 0 Å². The lowest BCUT2D eigenvalue weighted by Crippen LogP contribution is -1.99. The standard InChI is InChI=1S/C17H18O4/c18-11-13-3-7-16(8-4-13)21-12-14-1-5-15(6-2-14)17-19-9-10-20-17/h1-8,17-18H,9-12H2. The minimum Gasteiger partial charge on any atom is -0.489 e. The summed E-state index contributed by atoms with van der Waals surface area (Å²) >= 11 is 0. The number of aliphatic hydroxyl groups is 1. The molecule has 0 amide bonds. The van der Waals surface area contributed by atoms with Crippen LogP contribution in [0.5, 0.6) is 5.75 Å². The van der Waals surface area contributed by atoms with Crippen LogP contribution < -0.4 is 4.74 Å². The fourth-order valence-electron chi connectivity index (χ4n) is 2.18. The first-order valence-corrected chi connectivity index (χ1v) is 7.00. The van der Waals surface area contributed by atoms with E-state index in [0.29, 0.717) is 19.8 Å². The Balaban J connectivity index is 1.57. The van der Waals surface area contributed by atoms with Gasteiger partial charge in [-0.3, -0.25) is 0 Å². The van der Waals surface area contributed by atoms with Crippen molar-refractivity contribution < 1.29 is 19.3 Å². The highest BCUT2D eigenvalue weighted by Crippen LogP contribution is 2.23. The maximum atomic E-state index is 8.99. The maximum Gasteiger partial charge on any atom is 0.184 e. The van der Waals surface area contributed by atoms with Crippen molar-refractivity contribution in [3.63, 3.8) is 0 Å². The summed E-state index contributed by atoms with van der Waals surface area (Å²) in [6.45, 7) is 1.86. The fourth-order valence-corrected chi connectivity index (χ4v) is 2.18. The SMILES string of the molecule is OCc1ccc(OCc2ccc(C3OCCO3)cc2)cc1. The first-order valence-electron chi connectivity index (χ1n) is 7.00. The summed E-state index contributed by atoms with van der Waals surface area (Å²) in [5.74, 6) is 0.790. The van der Waals surface area contributed by atoms with Crippen LogP contribution >= 0.6 is 0 Å². The van der Waals surface area contributed by atoms with Crippen LogP contribution in [-0.2, 0) is 22.7 Å². The predicted octanol–water partition coefficient (Wildman–Crippen LogP) is 2.80. The molecule has 1 N–H and O–H groups in total. The van der Waals surface area contributed by atoms with Gasteiger partial charge in [-0.1, -0.05) is 36.4 Å². The molecule has 1 aliphatic rings. The zero-order valence-corrected chi connectivity index (χ0v) is 11.7. The third-order valence-corrected chi connectivity index (χ3v) is 3.39. The van der Waals surface area contributed by atoms with E-state index in [4.69, 9.17) is 19.3 Å². The molecule has 0 atom stereocenters. The number of rotatable bonds is 5. The smallest absolute Gasteiger partial charge is 0.184 e. The van der Waals surface area contributed by atoms with Gasteiger partial charge in [0.1, 0.15) is 12.4 Å². The van der Waals surface area contributed by atoms with Gasteiger partial charge in [-0.2, -0.15) is 0 Å². The summed E-state index contributed by atoms with van der Waals surface area (Å²) in [5.41, 5.74) is 3.00. The van der Waals surface area contributed by atoms with Gasteiger partial charge < -0.3 is 19.3 Å². The molecule has 0 bridgehead atoms. The van der Waals surface area contributed by atoms with Crippen molar-refractivity contribution in [3.05, 3.63) is 65.2 Å². The Kier molecular flexibility index (Phi) is 4.50. The lowest BCUT2D eigenvalue weighted by atomic mass is 10.1. The summed E-state index contributed by atoms with van der Waals surface area (Å²) in [5, 5.41) is 8.99. The van der Waals surface area contributed by atoms with Gasteiger partial charge in [-0.05, 0) is 23.3 Å². The van der Waals surface area contributed by atoms with Gasteiger partial charge in [0.05, 0.1) is 19.8 Å². The summed E-state index contributed by atoms with van der Waals surface area (Å²) < 4.78 is 16.6. The molecule has 4 heteroatoms. The van der Waals surface area contributed by atoms with Gasteiger partial charge in [0.15, 0.2) is 6.29 Å². The van der Waals surface area contributed by atoms with Crippen LogP contribution in [0.1, 0.15) is 23.0 Å². The van der Waals surface area contributed by atoms with Crippen molar-refractivity contribution >= 4 is 0 Å². The van der Waals surface area contributed by atoms with Crippen molar-refractivity contribution in [1.82, 2.24) is 0 Å². The number of aliphatic hydroxyl groups excluding tert-OH is 1. The average molecular weight is 286 g/mol. The molecule has 0 unspecified atom stereocenters. The van der Waals surface area contributed by atoms with Crippen LogP contribution in [0.2, 0.25) is 0 Å². The van der Waals surface area contributed by atoms with Crippen LogP contribution in [-0.4, -0.2) is 18.3 Å². The van der Waals surface area contributed by atoms with E-state index in [-0.39, 0.29) is 12.9 Å². The third-order valence-electron chi connectivity index (χ3n) is 3.39. The Labute approximate surface area is 123 Å². The van der Waals surface area contributed by atoms with E-state index in [1.807, 2.05) is 48.5 Å². The molecule has 2 aromatic carbocycles. The molecule has 1 aliphatic heterocycles. The Morgan fingerprint density at radius 3 is 2.14 bits per heavy atom. The Morgan fingerprint density at radius 1 is 0.905 bits per heavy atom.